The van der Waals surface area contributed by atoms with Crippen LogP contribution < -0.4 is 0 Å². The van der Waals surface area contributed by atoms with E-state index >= 15 is 0 Å². The predicted octanol–water partition coefficient (Wildman–Crippen LogP) is 4.35. The van der Waals surface area contributed by atoms with Crippen LogP contribution in [-0.2, 0) is 12.8 Å². The van der Waals surface area contributed by atoms with Gasteiger partial charge >= 0.3 is 0 Å². The first-order valence-electron chi connectivity index (χ1n) is 6.28. The van der Waals surface area contributed by atoms with Crippen LogP contribution in [0.4, 0.5) is 0 Å². The molecule has 2 aromatic heterocycles. The highest BCUT2D eigenvalue weighted by Crippen LogP contribution is 2.32. The molecule has 0 aliphatic heterocycles. The van der Waals surface area contributed by atoms with E-state index in [9.17, 15) is 0 Å². The number of thiophene rings is 1. The molecule has 1 aliphatic rings. The Bertz CT molecular complexity index is 604. The molecule has 94 valence electrons. The standard InChI is InChI=1S/C14H15ClN2S/c1-8-7-11(9(2)18-8)14-16-12-6-4-3-5-10(12)13(15)17-14/h7H,3-6H2,1-2H3. The fourth-order valence-electron chi connectivity index (χ4n) is 2.52. The summed E-state index contributed by atoms with van der Waals surface area (Å²) in [6.07, 6.45) is 4.47. The van der Waals surface area contributed by atoms with Crippen molar-refractivity contribution in [2.75, 3.05) is 0 Å². The van der Waals surface area contributed by atoms with Gasteiger partial charge in [0.15, 0.2) is 5.82 Å². The molecule has 2 aromatic rings. The van der Waals surface area contributed by atoms with Gasteiger partial charge in [0.2, 0.25) is 0 Å². The van der Waals surface area contributed by atoms with E-state index in [1.807, 2.05) is 0 Å². The lowest BCUT2D eigenvalue weighted by atomic mass is 9.97. The second kappa shape index (κ2) is 4.63. The van der Waals surface area contributed by atoms with Gasteiger partial charge < -0.3 is 0 Å². The lowest BCUT2D eigenvalue weighted by Gasteiger charge is -2.16. The Morgan fingerprint density at radius 1 is 1.17 bits per heavy atom. The van der Waals surface area contributed by atoms with Gasteiger partial charge in [0.25, 0.3) is 0 Å². The van der Waals surface area contributed by atoms with Gasteiger partial charge in [-0.1, -0.05) is 11.6 Å². The molecule has 2 heterocycles. The molecule has 3 rings (SSSR count). The van der Waals surface area contributed by atoms with Crippen LogP contribution in [-0.4, -0.2) is 9.97 Å². The van der Waals surface area contributed by atoms with Crippen LogP contribution >= 0.6 is 22.9 Å². The van der Waals surface area contributed by atoms with Crippen molar-refractivity contribution in [3.05, 3.63) is 32.2 Å². The summed E-state index contributed by atoms with van der Waals surface area (Å²) >= 11 is 8.09. The Balaban J connectivity index is 2.13. The van der Waals surface area contributed by atoms with Crippen LogP contribution in [0.15, 0.2) is 6.07 Å². The van der Waals surface area contributed by atoms with Gasteiger partial charge in [-0.3, -0.25) is 0 Å². The first kappa shape index (κ1) is 12.1. The third-order valence-corrected chi connectivity index (χ3v) is 4.69. The Labute approximate surface area is 116 Å². The zero-order valence-corrected chi connectivity index (χ0v) is 12.2. The first-order chi connectivity index (χ1) is 8.65. The molecule has 0 unspecified atom stereocenters. The number of hydrogen-bond donors (Lipinski definition) is 0. The first-order valence-corrected chi connectivity index (χ1v) is 7.47. The zero-order chi connectivity index (χ0) is 12.7. The summed E-state index contributed by atoms with van der Waals surface area (Å²) in [5, 5.41) is 0.651. The van der Waals surface area contributed by atoms with Crippen LogP contribution in [0.1, 0.15) is 33.9 Å². The molecule has 0 aromatic carbocycles. The molecule has 18 heavy (non-hydrogen) atoms. The molecule has 0 saturated heterocycles. The molecule has 0 radical (unpaired) electrons. The number of halogens is 1. The maximum absolute atomic E-state index is 6.31. The number of nitrogens with zero attached hydrogens (tertiary/aromatic N) is 2. The van der Waals surface area contributed by atoms with Crippen LogP contribution in [0.3, 0.4) is 0 Å². The minimum atomic E-state index is 0.651. The molecule has 0 bridgehead atoms. The van der Waals surface area contributed by atoms with E-state index in [0.717, 1.165) is 35.5 Å². The fourth-order valence-corrected chi connectivity index (χ4v) is 3.73. The summed E-state index contributed by atoms with van der Waals surface area (Å²) in [5.74, 6) is 0.794. The molecule has 0 N–H and O–H groups in total. The van der Waals surface area contributed by atoms with Crippen molar-refractivity contribution in [2.45, 2.75) is 39.5 Å². The average molecular weight is 279 g/mol. The molecule has 1 aliphatic carbocycles. The fraction of sp³-hybridized carbons (Fsp3) is 0.429. The molecular formula is C14H15ClN2S. The predicted molar refractivity (Wildman–Crippen MR) is 76.5 cm³/mol. The Morgan fingerprint density at radius 2 is 1.94 bits per heavy atom. The highest BCUT2D eigenvalue weighted by molar-refractivity contribution is 7.12. The van der Waals surface area contributed by atoms with Gasteiger partial charge in [0.05, 0.1) is 0 Å². The van der Waals surface area contributed by atoms with Gasteiger partial charge in [-0.25, -0.2) is 9.97 Å². The number of hydrogen-bond acceptors (Lipinski definition) is 3. The monoisotopic (exact) mass is 278 g/mol. The number of rotatable bonds is 1. The van der Waals surface area contributed by atoms with E-state index in [1.54, 1.807) is 11.3 Å². The summed E-state index contributed by atoms with van der Waals surface area (Å²) in [7, 11) is 0. The highest BCUT2D eigenvalue weighted by Gasteiger charge is 2.18. The van der Waals surface area contributed by atoms with Gasteiger partial charge in [-0.2, -0.15) is 0 Å². The van der Waals surface area contributed by atoms with Crippen molar-refractivity contribution in [2.24, 2.45) is 0 Å². The Morgan fingerprint density at radius 3 is 2.67 bits per heavy atom. The van der Waals surface area contributed by atoms with E-state index in [4.69, 9.17) is 16.6 Å². The van der Waals surface area contributed by atoms with Crippen molar-refractivity contribution in [1.29, 1.82) is 0 Å². The van der Waals surface area contributed by atoms with Gasteiger partial charge in [-0.05, 0) is 45.6 Å². The third kappa shape index (κ3) is 2.06. The Kier molecular flexibility index (Phi) is 3.12. The molecule has 0 saturated carbocycles. The lowest BCUT2D eigenvalue weighted by molar-refractivity contribution is 0.663. The smallest absolute Gasteiger partial charge is 0.162 e. The van der Waals surface area contributed by atoms with Crippen molar-refractivity contribution < 1.29 is 0 Å². The van der Waals surface area contributed by atoms with Gasteiger partial charge in [-0.15, -0.1) is 11.3 Å². The quantitative estimate of drug-likeness (QED) is 0.725. The highest BCUT2D eigenvalue weighted by atomic mass is 35.5. The van der Waals surface area contributed by atoms with Crippen molar-refractivity contribution in [3.8, 4) is 11.4 Å². The summed E-state index contributed by atoms with van der Waals surface area (Å²) in [4.78, 5) is 11.8. The van der Waals surface area contributed by atoms with E-state index in [2.05, 4.69) is 24.9 Å². The van der Waals surface area contributed by atoms with Gasteiger partial charge in [0.1, 0.15) is 5.15 Å². The number of fused-ring (bicyclic) bond motifs is 1. The number of aromatic nitrogens is 2. The van der Waals surface area contributed by atoms with Crippen molar-refractivity contribution in [1.82, 2.24) is 9.97 Å². The van der Waals surface area contributed by atoms with E-state index < -0.39 is 0 Å². The summed E-state index contributed by atoms with van der Waals surface area (Å²) < 4.78 is 0. The maximum atomic E-state index is 6.31. The SMILES string of the molecule is Cc1cc(-c2nc(Cl)c3c(n2)CCCC3)c(C)s1. The summed E-state index contributed by atoms with van der Waals surface area (Å²) in [5.41, 5.74) is 3.45. The van der Waals surface area contributed by atoms with Gasteiger partial charge in [0, 0.05) is 26.6 Å². The van der Waals surface area contributed by atoms with E-state index in [0.29, 0.717) is 5.15 Å². The van der Waals surface area contributed by atoms with Crippen LogP contribution in [0, 0.1) is 13.8 Å². The molecule has 2 nitrogen and oxygen atoms in total. The minimum Gasteiger partial charge on any atom is -0.233 e. The zero-order valence-electron chi connectivity index (χ0n) is 10.6. The van der Waals surface area contributed by atoms with E-state index in [1.165, 1.54) is 22.6 Å². The van der Waals surface area contributed by atoms with Crippen molar-refractivity contribution >= 4 is 22.9 Å². The maximum Gasteiger partial charge on any atom is 0.162 e. The lowest BCUT2D eigenvalue weighted by Crippen LogP contribution is -2.08. The molecule has 4 heteroatoms. The summed E-state index contributed by atoms with van der Waals surface area (Å²) in [6, 6.07) is 2.15. The topological polar surface area (TPSA) is 25.8 Å². The van der Waals surface area contributed by atoms with E-state index in [-0.39, 0.29) is 0 Å². The normalized spacial score (nSPS) is 14.6. The third-order valence-electron chi connectivity index (χ3n) is 3.41. The minimum absolute atomic E-state index is 0.651. The molecule has 0 spiro atoms. The number of aryl methyl sites for hydroxylation is 3. The molecular weight excluding hydrogens is 264 g/mol. The van der Waals surface area contributed by atoms with Crippen LogP contribution in [0.25, 0.3) is 11.4 Å². The van der Waals surface area contributed by atoms with Crippen LogP contribution in [0.2, 0.25) is 5.15 Å². The average Bonchev–Trinajstić information content (AvgIpc) is 2.68. The molecule has 0 amide bonds. The largest absolute Gasteiger partial charge is 0.233 e. The molecule has 0 atom stereocenters. The Hall–Kier alpha value is -0.930. The second-order valence-corrected chi connectivity index (χ2v) is 6.62. The molecule has 0 fully saturated rings. The second-order valence-electron chi connectivity index (χ2n) is 4.80. The van der Waals surface area contributed by atoms with Crippen molar-refractivity contribution in [3.63, 3.8) is 0 Å². The summed E-state index contributed by atoms with van der Waals surface area (Å²) in [6.45, 7) is 4.23. The van der Waals surface area contributed by atoms with Crippen LogP contribution in [0.5, 0.6) is 0 Å².